The molecule has 2 saturated heterocycles. The van der Waals surface area contributed by atoms with Gasteiger partial charge >= 0.3 is 6.03 Å². The molecule has 3 aromatic carbocycles. The first-order chi connectivity index (χ1) is 21.7. The van der Waals surface area contributed by atoms with E-state index in [-0.39, 0.29) is 44.5 Å². The summed E-state index contributed by atoms with van der Waals surface area (Å²) in [5.74, 6) is -0.389. The maximum Gasteiger partial charge on any atom is 0.332 e. The zero-order chi connectivity index (χ0) is 31.7. The van der Waals surface area contributed by atoms with Crippen molar-refractivity contribution in [3.05, 3.63) is 106 Å². The standard InChI is InChI=1S/C32H31Cl2N7O3S/c1-2-13-39(32(44)36-16-21-11-12-23(33)24(34)14-21)40-19-28(42)41-25(15-20-7-4-3-5-8-20)30(43)38(18-27(40)41)17-22-9-6-10-26-29(22)37-31(35)45-26/h2-12,14,25,27H,1,13,15-19H2,(H2,35,37)(H,36,44)/t25-,27+/m0/s1. The highest BCUT2D eigenvalue weighted by molar-refractivity contribution is 7.22. The molecule has 1 aromatic heterocycles. The number of rotatable bonds is 9. The van der Waals surface area contributed by atoms with E-state index < -0.39 is 18.2 Å². The van der Waals surface area contributed by atoms with Crippen LogP contribution in [-0.2, 0) is 29.1 Å². The average Bonchev–Trinajstić information content (AvgIpc) is 3.57. The van der Waals surface area contributed by atoms with Crippen molar-refractivity contribution in [3.8, 4) is 0 Å². The van der Waals surface area contributed by atoms with E-state index in [9.17, 15) is 14.4 Å². The highest BCUT2D eigenvalue weighted by Gasteiger charge is 2.52. The molecule has 45 heavy (non-hydrogen) atoms. The Morgan fingerprint density at radius 2 is 1.89 bits per heavy atom. The van der Waals surface area contributed by atoms with Crippen molar-refractivity contribution in [3.63, 3.8) is 0 Å². The van der Waals surface area contributed by atoms with Crippen LogP contribution in [0.1, 0.15) is 16.7 Å². The molecule has 0 aliphatic carbocycles. The molecule has 4 aromatic rings. The van der Waals surface area contributed by atoms with Gasteiger partial charge in [-0.1, -0.05) is 89.1 Å². The number of nitrogens with one attached hydrogen (secondary N) is 1. The van der Waals surface area contributed by atoms with E-state index in [2.05, 4.69) is 16.9 Å². The third-order valence-corrected chi connectivity index (χ3v) is 9.58. The van der Waals surface area contributed by atoms with E-state index in [1.807, 2.05) is 48.5 Å². The number of nitrogen functional groups attached to an aromatic ring is 1. The van der Waals surface area contributed by atoms with E-state index in [0.29, 0.717) is 21.6 Å². The first-order valence-corrected chi connectivity index (χ1v) is 15.9. The van der Waals surface area contributed by atoms with Gasteiger partial charge in [-0.15, -0.1) is 6.58 Å². The number of para-hydroxylation sites is 1. The Morgan fingerprint density at radius 3 is 2.64 bits per heavy atom. The summed E-state index contributed by atoms with van der Waals surface area (Å²) in [6.07, 6.45) is 1.36. The lowest BCUT2D eigenvalue weighted by Crippen LogP contribution is -2.66. The zero-order valence-electron chi connectivity index (χ0n) is 24.2. The van der Waals surface area contributed by atoms with E-state index in [1.54, 1.807) is 39.1 Å². The molecular weight excluding hydrogens is 633 g/mol. The van der Waals surface area contributed by atoms with Crippen LogP contribution in [0.2, 0.25) is 10.0 Å². The van der Waals surface area contributed by atoms with Gasteiger partial charge in [0.25, 0.3) is 0 Å². The van der Waals surface area contributed by atoms with Crippen molar-refractivity contribution in [1.82, 2.24) is 30.1 Å². The van der Waals surface area contributed by atoms with Gasteiger partial charge in [0.1, 0.15) is 12.2 Å². The molecule has 2 atom stereocenters. The number of hydrogen-bond acceptors (Lipinski definition) is 7. The number of hydrazine groups is 1. The lowest BCUT2D eigenvalue weighted by atomic mass is 10.00. The number of benzene rings is 3. The van der Waals surface area contributed by atoms with Crippen molar-refractivity contribution in [2.24, 2.45) is 0 Å². The lowest BCUT2D eigenvalue weighted by molar-refractivity contribution is -0.157. The molecule has 0 spiro atoms. The number of nitrogens with zero attached hydrogens (tertiary/aromatic N) is 5. The van der Waals surface area contributed by atoms with Gasteiger partial charge in [0.15, 0.2) is 5.13 Å². The van der Waals surface area contributed by atoms with Crippen LogP contribution in [0.4, 0.5) is 9.93 Å². The minimum atomic E-state index is -0.756. The second-order valence-electron chi connectivity index (χ2n) is 10.9. The quantitative estimate of drug-likeness (QED) is 0.246. The third kappa shape index (κ3) is 6.34. The van der Waals surface area contributed by atoms with E-state index >= 15 is 0 Å². The number of amides is 4. The molecule has 10 nitrogen and oxygen atoms in total. The molecule has 3 N–H and O–H groups in total. The number of urea groups is 1. The van der Waals surface area contributed by atoms with Crippen LogP contribution in [0.5, 0.6) is 0 Å². The molecule has 6 rings (SSSR count). The Labute approximate surface area is 274 Å². The number of carbonyl (C=O) groups is 3. The Morgan fingerprint density at radius 1 is 1.09 bits per heavy atom. The largest absolute Gasteiger partial charge is 0.375 e. The van der Waals surface area contributed by atoms with Gasteiger partial charge < -0.3 is 20.9 Å². The number of anilines is 1. The molecule has 0 bridgehead atoms. The maximum absolute atomic E-state index is 14.2. The fraction of sp³-hybridized carbons (Fsp3) is 0.250. The predicted octanol–water partition coefficient (Wildman–Crippen LogP) is 4.92. The first kappa shape index (κ1) is 30.8. The number of carbonyl (C=O) groups excluding carboxylic acids is 3. The Hall–Kier alpha value is -4.16. The Kier molecular flexibility index (Phi) is 8.95. The predicted molar refractivity (Wildman–Crippen MR) is 176 cm³/mol. The van der Waals surface area contributed by atoms with Gasteiger partial charge in [-0.2, -0.15) is 5.01 Å². The second-order valence-corrected chi connectivity index (χ2v) is 12.8. The fourth-order valence-corrected chi connectivity index (χ4v) is 7.03. The molecule has 13 heteroatoms. The highest BCUT2D eigenvalue weighted by atomic mass is 35.5. The minimum Gasteiger partial charge on any atom is -0.375 e. The van der Waals surface area contributed by atoms with Crippen molar-refractivity contribution >= 4 is 67.7 Å². The molecule has 2 fully saturated rings. The van der Waals surface area contributed by atoms with Crippen LogP contribution >= 0.6 is 34.5 Å². The number of aromatic nitrogens is 1. The molecule has 232 valence electrons. The number of piperazine rings is 1. The second kappa shape index (κ2) is 13.1. The monoisotopic (exact) mass is 663 g/mol. The van der Waals surface area contributed by atoms with Crippen molar-refractivity contribution < 1.29 is 14.4 Å². The Bertz CT molecular complexity index is 1770. The lowest BCUT2D eigenvalue weighted by Gasteiger charge is -2.46. The topological polar surface area (TPSA) is 115 Å². The number of halogens is 2. The maximum atomic E-state index is 14.2. The average molecular weight is 665 g/mol. The molecule has 2 aliphatic rings. The molecule has 0 unspecified atom stereocenters. The number of thiazole rings is 1. The summed E-state index contributed by atoms with van der Waals surface area (Å²) in [4.78, 5) is 49.3. The van der Waals surface area contributed by atoms with Crippen LogP contribution in [0.3, 0.4) is 0 Å². The van der Waals surface area contributed by atoms with Gasteiger partial charge in [-0.25, -0.2) is 9.78 Å². The highest BCUT2D eigenvalue weighted by Crippen LogP contribution is 2.32. The van der Waals surface area contributed by atoms with E-state index in [1.165, 1.54) is 16.3 Å². The van der Waals surface area contributed by atoms with Gasteiger partial charge in [0, 0.05) is 19.5 Å². The first-order valence-electron chi connectivity index (χ1n) is 14.4. The summed E-state index contributed by atoms with van der Waals surface area (Å²) < 4.78 is 0.936. The van der Waals surface area contributed by atoms with Crippen LogP contribution in [0.15, 0.2) is 79.4 Å². The van der Waals surface area contributed by atoms with Crippen molar-refractivity contribution in [1.29, 1.82) is 0 Å². The smallest absolute Gasteiger partial charge is 0.332 e. The van der Waals surface area contributed by atoms with Gasteiger partial charge in [0.05, 0.1) is 39.9 Å². The zero-order valence-corrected chi connectivity index (χ0v) is 26.6. The molecule has 0 saturated carbocycles. The van der Waals surface area contributed by atoms with Gasteiger partial charge in [0.2, 0.25) is 11.8 Å². The van der Waals surface area contributed by atoms with Crippen molar-refractivity contribution in [2.45, 2.75) is 31.7 Å². The fourth-order valence-electron chi connectivity index (χ4n) is 5.93. The van der Waals surface area contributed by atoms with Crippen LogP contribution in [0, 0.1) is 0 Å². The molecule has 4 amide bonds. The van der Waals surface area contributed by atoms with E-state index in [4.69, 9.17) is 28.9 Å². The number of hydrogen-bond donors (Lipinski definition) is 2. The Balaban J connectivity index is 1.30. The molecule has 3 heterocycles. The minimum absolute atomic E-state index is 0.0662. The van der Waals surface area contributed by atoms with Gasteiger partial charge in [-0.3, -0.25) is 14.6 Å². The van der Waals surface area contributed by atoms with Crippen LogP contribution < -0.4 is 11.1 Å². The molecule has 0 radical (unpaired) electrons. The van der Waals surface area contributed by atoms with Crippen LogP contribution in [0.25, 0.3) is 10.2 Å². The number of nitrogens with two attached hydrogens (primary N) is 1. The normalized spacial score (nSPS) is 18.4. The third-order valence-electron chi connectivity index (χ3n) is 7.99. The van der Waals surface area contributed by atoms with Crippen LogP contribution in [-0.4, -0.2) is 74.5 Å². The van der Waals surface area contributed by atoms with Crippen molar-refractivity contribution in [2.75, 3.05) is 25.4 Å². The molecule has 2 aliphatic heterocycles. The van der Waals surface area contributed by atoms with Gasteiger partial charge in [-0.05, 0) is 34.9 Å². The molecular formula is C32H31Cl2N7O3S. The summed E-state index contributed by atoms with van der Waals surface area (Å²) in [5.41, 5.74) is 9.32. The summed E-state index contributed by atoms with van der Waals surface area (Å²) in [6, 6.07) is 19.4. The summed E-state index contributed by atoms with van der Waals surface area (Å²) in [7, 11) is 0. The SMILES string of the molecule is C=CCN(C(=O)NCc1ccc(Cl)c(Cl)c1)N1CC(=O)N2[C@@H](Cc3ccccc3)C(=O)N(Cc3cccc4sc(N)nc34)C[C@@H]21. The summed E-state index contributed by atoms with van der Waals surface area (Å²) in [5, 5.41) is 7.39. The summed E-state index contributed by atoms with van der Waals surface area (Å²) in [6.45, 7) is 4.60. The number of fused-ring (bicyclic) bond motifs is 2. The summed E-state index contributed by atoms with van der Waals surface area (Å²) >= 11 is 13.6. The van der Waals surface area contributed by atoms with E-state index in [0.717, 1.165) is 26.9 Å².